The monoisotopic (exact) mass is 266 g/mol. The minimum atomic E-state index is -2.88. The van der Waals surface area contributed by atoms with Crippen LogP contribution in [0.25, 0.3) is 0 Å². The molecule has 0 bridgehead atoms. The lowest BCUT2D eigenvalue weighted by Gasteiger charge is -2.20. The predicted octanol–water partition coefficient (Wildman–Crippen LogP) is -0.287. The Morgan fingerprint density at radius 1 is 1.35 bits per heavy atom. The van der Waals surface area contributed by atoms with Crippen molar-refractivity contribution in [2.24, 2.45) is 0 Å². The summed E-state index contributed by atoms with van der Waals surface area (Å²) < 4.78 is 22.0. The molecule has 0 aromatic heterocycles. The molecule has 0 amide bonds. The first-order valence-corrected chi connectivity index (χ1v) is 8.15. The summed E-state index contributed by atoms with van der Waals surface area (Å²) in [5, 5.41) is 12.4. The fourth-order valence-corrected chi connectivity index (χ4v) is 2.06. The Hall–Kier alpha value is -0.170. The maximum absolute atomic E-state index is 11.0. The zero-order valence-electron chi connectivity index (χ0n) is 11.1. The van der Waals surface area contributed by atoms with Crippen LogP contribution in [0.3, 0.4) is 0 Å². The molecule has 0 fully saturated rings. The summed E-state index contributed by atoms with van der Waals surface area (Å²) >= 11 is 0. The first kappa shape index (κ1) is 16.8. The van der Waals surface area contributed by atoms with E-state index in [-0.39, 0.29) is 18.4 Å². The van der Waals surface area contributed by atoms with Gasteiger partial charge in [-0.15, -0.1) is 0 Å². The van der Waals surface area contributed by atoms with Gasteiger partial charge in [0.05, 0.1) is 12.4 Å². The molecule has 2 N–H and O–H groups in total. The van der Waals surface area contributed by atoms with Gasteiger partial charge in [-0.25, -0.2) is 8.42 Å². The van der Waals surface area contributed by atoms with Gasteiger partial charge in [0.1, 0.15) is 9.84 Å². The van der Waals surface area contributed by atoms with Crippen LogP contribution in [0, 0.1) is 0 Å². The van der Waals surface area contributed by atoms with Crippen LogP contribution in [-0.4, -0.2) is 69.8 Å². The molecule has 1 unspecified atom stereocenters. The normalized spacial score (nSPS) is 14.2. The third kappa shape index (κ3) is 10.7. The van der Waals surface area contributed by atoms with Gasteiger partial charge in [0.15, 0.2) is 0 Å². The van der Waals surface area contributed by atoms with Crippen molar-refractivity contribution in [3.8, 4) is 0 Å². The van der Waals surface area contributed by atoms with E-state index in [4.69, 9.17) is 5.11 Å². The van der Waals surface area contributed by atoms with Crippen molar-refractivity contribution in [3.63, 3.8) is 0 Å². The second-order valence-electron chi connectivity index (χ2n) is 4.56. The second-order valence-corrected chi connectivity index (χ2v) is 6.82. The van der Waals surface area contributed by atoms with Crippen LogP contribution in [0.15, 0.2) is 0 Å². The minimum absolute atomic E-state index is 0.107. The van der Waals surface area contributed by atoms with Crippen LogP contribution in [0.5, 0.6) is 0 Å². The van der Waals surface area contributed by atoms with E-state index < -0.39 is 9.84 Å². The van der Waals surface area contributed by atoms with E-state index in [1.807, 2.05) is 11.9 Å². The molecule has 104 valence electrons. The van der Waals surface area contributed by atoms with E-state index in [0.29, 0.717) is 6.54 Å². The predicted molar refractivity (Wildman–Crippen MR) is 71.0 cm³/mol. The first-order valence-electron chi connectivity index (χ1n) is 6.09. The Labute approximate surface area is 105 Å². The van der Waals surface area contributed by atoms with Gasteiger partial charge in [-0.3, -0.25) is 0 Å². The molecule has 17 heavy (non-hydrogen) atoms. The average molecular weight is 266 g/mol. The first-order chi connectivity index (χ1) is 7.89. The largest absolute Gasteiger partial charge is 0.395 e. The summed E-state index contributed by atoms with van der Waals surface area (Å²) in [6.07, 6.45) is 3.12. The van der Waals surface area contributed by atoms with Gasteiger partial charge < -0.3 is 15.3 Å². The van der Waals surface area contributed by atoms with Crippen LogP contribution in [0.1, 0.15) is 19.8 Å². The summed E-state index contributed by atoms with van der Waals surface area (Å²) in [7, 11) is -0.982. The number of nitrogens with zero attached hydrogens (tertiary/aromatic N) is 1. The van der Waals surface area contributed by atoms with Crippen molar-refractivity contribution in [2.45, 2.75) is 25.8 Å². The average Bonchev–Trinajstić information content (AvgIpc) is 2.25. The Balaban J connectivity index is 3.76. The molecule has 0 aliphatic rings. The highest BCUT2D eigenvalue weighted by Gasteiger charge is 2.09. The van der Waals surface area contributed by atoms with Crippen LogP contribution < -0.4 is 5.32 Å². The van der Waals surface area contributed by atoms with Gasteiger partial charge >= 0.3 is 0 Å². The summed E-state index contributed by atoms with van der Waals surface area (Å²) in [6.45, 7) is 4.44. The van der Waals surface area contributed by atoms with Gasteiger partial charge in [0.25, 0.3) is 0 Å². The molecule has 0 radical (unpaired) electrons. The summed E-state index contributed by atoms with van der Waals surface area (Å²) in [6, 6.07) is 0.107. The zero-order valence-corrected chi connectivity index (χ0v) is 12.0. The van der Waals surface area contributed by atoms with Crippen molar-refractivity contribution in [3.05, 3.63) is 0 Å². The molecule has 6 heteroatoms. The molecule has 0 aliphatic heterocycles. The third-order valence-corrected chi connectivity index (χ3v) is 3.53. The van der Waals surface area contributed by atoms with Crippen LogP contribution in [-0.2, 0) is 9.84 Å². The molecule has 1 atom stereocenters. The Kier molecular flexibility index (Phi) is 8.77. The lowest BCUT2D eigenvalue weighted by atomic mass is 10.2. The van der Waals surface area contributed by atoms with Crippen molar-refractivity contribution < 1.29 is 13.5 Å². The molecule has 0 spiro atoms. The molecule has 0 aliphatic carbocycles. The molecular formula is C11H26N2O3S. The fraction of sp³-hybridized carbons (Fsp3) is 1.00. The summed E-state index contributed by atoms with van der Waals surface area (Å²) in [4.78, 5) is 1.98. The highest BCUT2D eigenvalue weighted by molar-refractivity contribution is 7.90. The SMILES string of the molecule is CCCNC(CO)CCN(C)CCS(C)(=O)=O. The molecular weight excluding hydrogens is 240 g/mol. The standard InChI is InChI=1S/C11H26N2O3S/c1-4-6-12-11(10-14)5-7-13(2)8-9-17(3,15)16/h11-12,14H,4-10H2,1-3H3. The van der Waals surface area contributed by atoms with E-state index in [9.17, 15) is 8.42 Å². The second kappa shape index (κ2) is 8.85. The molecule has 0 rings (SSSR count). The van der Waals surface area contributed by atoms with Gasteiger partial charge in [-0.1, -0.05) is 6.92 Å². The zero-order chi connectivity index (χ0) is 13.3. The van der Waals surface area contributed by atoms with E-state index in [0.717, 1.165) is 25.9 Å². The highest BCUT2D eigenvalue weighted by atomic mass is 32.2. The Bertz CT molecular complexity index is 280. The quantitative estimate of drug-likeness (QED) is 0.569. The Morgan fingerprint density at radius 3 is 2.47 bits per heavy atom. The molecule has 0 aromatic rings. The van der Waals surface area contributed by atoms with E-state index in [2.05, 4.69) is 12.2 Å². The Morgan fingerprint density at radius 2 is 2.00 bits per heavy atom. The number of aliphatic hydroxyl groups is 1. The lowest BCUT2D eigenvalue weighted by Crippen LogP contribution is -2.37. The van der Waals surface area contributed by atoms with Crippen LogP contribution in [0.4, 0.5) is 0 Å². The van der Waals surface area contributed by atoms with Crippen LogP contribution in [0.2, 0.25) is 0 Å². The smallest absolute Gasteiger partial charge is 0.148 e. The van der Waals surface area contributed by atoms with Crippen molar-refractivity contribution in [1.29, 1.82) is 0 Å². The highest BCUT2D eigenvalue weighted by Crippen LogP contribution is 1.96. The van der Waals surface area contributed by atoms with Gasteiger partial charge in [0.2, 0.25) is 0 Å². The maximum atomic E-state index is 11.0. The maximum Gasteiger partial charge on any atom is 0.148 e. The van der Waals surface area contributed by atoms with E-state index in [1.165, 1.54) is 6.26 Å². The molecule has 0 saturated carbocycles. The van der Waals surface area contributed by atoms with Gasteiger partial charge in [-0.05, 0) is 33.0 Å². The number of aliphatic hydroxyl groups excluding tert-OH is 1. The third-order valence-electron chi connectivity index (χ3n) is 2.61. The van der Waals surface area contributed by atoms with Crippen molar-refractivity contribution in [1.82, 2.24) is 10.2 Å². The van der Waals surface area contributed by atoms with Crippen molar-refractivity contribution in [2.75, 3.05) is 45.3 Å². The molecule has 0 aromatic carbocycles. The number of nitrogens with one attached hydrogen (secondary N) is 1. The number of hydrogen-bond donors (Lipinski definition) is 2. The fourth-order valence-electron chi connectivity index (χ4n) is 1.42. The number of rotatable bonds is 10. The summed E-state index contributed by atoms with van der Waals surface area (Å²) in [5.74, 6) is 0.190. The van der Waals surface area contributed by atoms with Gasteiger partial charge in [-0.2, -0.15) is 0 Å². The van der Waals surface area contributed by atoms with Crippen LogP contribution >= 0.6 is 0 Å². The van der Waals surface area contributed by atoms with Gasteiger partial charge in [0, 0.05) is 18.8 Å². The molecule has 0 heterocycles. The molecule has 5 nitrogen and oxygen atoms in total. The van der Waals surface area contributed by atoms with E-state index >= 15 is 0 Å². The van der Waals surface area contributed by atoms with Crippen molar-refractivity contribution >= 4 is 9.84 Å². The molecule has 0 saturated heterocycles. The summed E-state index contributed by atoms with van der Waals surface area (Å²) in [5.41, 5.74) is 0. The van der Waals surface area contributed by atoms with E-state index in [1.54, 1.807) is 0 Å². The topological polar surface area (TPSA) is 69.6 Å². The number of hydrogen-bond acceptors (Lipinski definition) is 5. The number of sulfone groups is 1. The lowest BCUT2D eigenvalue weighted by molar-refractivity contribution is 0.220. The minimum Gasteiger partial charge on any atom is -0.395 e.